The van der Waals surface area contributed by atoms with Crippen molar-refractivity contribution in [2.24, 2.45) is 20.0 Å². The van der Waals surface area contributed by atoms with Crippen molar-refractivity contribution in [2.45, 2.75) is 26.2 Å². The highest BCUT2D eigenvalue weighted by Crippen LogP contribution is 2.34. The van der Waals surface area contributed by atoms with Crippen molar-refractivity contribution in [2.75, 3.05) is 0 Å². The quantitative estimate of drug-likeness (QED) is 0.566. The SMILES string of the molecule is CC1CCc2[nH]c3ccc(-c4nc(-c5cn(C)c(=O)n(C)c5=O)no4)cc3c2C1. The summed E-state index contributed by atoms with van der Waals surface area (Å²) in [6.07, 6.45) is 4.77. The highest BCUT2D eigenvalue weighted by molar-refractivity contribution is 5.88. The molecule has 29 heavy (non-hydrogen) atoms. The molecule has 0 spiro atoms. The summed E-state index contributed by atoms with van der Waals surface area (Å²) >= 11 is 0. The molecule has 8 heteroatoms. The van der Waals surface area contributed by atoms with Crippen molar-refractivity contribution in [1.82, 2.24) is 24.3 Å². The number of H-pyrrole nitrogens is 1. The molecule has 0 fully saturated rings. The van der Waals surface area contributed by atoms with Crippen LogP contribution in [-0.4, -0.2) is 24.3 Å². The second-order valence-corrected chi connectivity index (χ2v) is 7.91. The number of benzene rings is 1. The van der Waals surface area contributed by atoms with Gasteiger partial charge in [-0.15, -0.1) is 0 Å². The molecule has 1 aromatic carbocycles. The van der Waals surface area contributed by atoms with E-state index in [1.54, 1.807) is 7.05 Å². The number of aryl methyl sites for hydroxylation is 2. The monoisotopic (exact) mass is 391 g/mol. The Labute approximate surface area is 165 Å². The summed E-state index contributed by atoms with van der Waals surface area (Å²) in [7, 11) is 3.01. The van der Waals surface area contributed by atoms with Crippen molar-refractivity contribution in [3.05, 3.63) is 56.5 Å². The van der Waals surface area contributed by atoms with Crippen LogP contribution in [0.2, 0.25) is 0 Å². The van der Waals surface area contributed by atoms with Crippen LogP contribution in [0.4, 0.5) is 0 Å². The van der Waals surface area contributed by atoms with Gasteiger partial charge < -0.3 is 14.1 Å². The van der Waals surface area contributed by atoms with Crippen LogP contribution in [0.1, 0.15) is 24.6 Å². The first-order valence-corrected chi connectivity index (χ1v) is 9.67. The van der Waals surface area contributed by atoms with E-state index in [1.807, 2.05) is 12.1 Å². The van der Waals surface area contributed by atoms with E-state index in [0.29, 0.717) is 11.8 Å². The number of rotatable bonds is 2. The molecule has 0 saturated carbocycles. The van der Waals surface area contributed by atoms with E-state index in [2.05, 4.69) is 28.1 Å². The van der Waals surface area contributed by atoms with Crippen molar-refractivity contribution in [1.29, 1.82) is 0 Å². The van der Waals surface area contributed by atoms with Gasteiger partial charge in [0.15, 0.2) is 0 Å². The minimum Gasteiger partial charge on any atom is -0.358 e. The average molecular weight is 391 g/mol. The number of hydrogen-bond donors (Lipinski definition) is 1. The maximum atomic E-state index is 12.4. The fraction of sp³-hybridized carbons (Fsp3) is 0.333. The summed E-state index contributed by atoms with van der Waals surface area (Å²) in [5.41, 5.74) is 3.96. The second kappa shape index (κ2) is 6.30. The zero-order chi connectivity index (χ0) is 20.3. The van der Waals surface area contributed by atoms with E-state index in [1.165, 1.54) is 40.9 Å². The molecule has 3 aromatic heterocycles. The molecular formula is C21H21N5O3. The highest BCUT2D eigenvalue weighted by atomic mass is 16.5. The Morgan fingerprint density at radius 3 is 2.90 bits per heavy atom. The molecule has 0 bridgehead atoms. The summed E-state index contributed by atoms with van der Waals surface area (Å²) in [4.78, 5) is 32.3. The van der Waals surface area contributed by atoms with Crippen LogP contribution < -0.4 is 11.2 Å². The van der Waals surface area contributed by atoms with Crippen LogP contribution >= 0.6 is 0 Å². The van der Waals surface area contributed by atoms with Gasteiger partial charge in [0.25, 0.3) is 11.4 Å². The molecule has 1 N–H and O–H groups in total. The summed E-state index contributed by atoms with van der Waals surface area (Å²) in [6.45, 7) is 2.28. The van der Waals surface area contributed by atoms with E-state index in [-0.39, 0.29) is 11.4 Å². The molecule has 5 rings (SSSR count). The summed E-state index contributed by atoms with van der Waals surface area (Å²) in [6, 6.07) is 6.03. The van der Waals surface area contributed by atoms with Crippen LogP contribution in [0.25, 0.3) is 33.7 Å². The van der Waals surface area contributed by atoms with Gasteiger partial charge in [-0.1, -0.05) is 12.1 Å². The Morgan fingerprint density at radius 1 is 1.24 bits per heavy atom. The van der Waals surface area contributed by atoms with Crippen molar-refractivity contribution in [3.8, 4) is 22.8 Å². The first-order chi connectivity index (χ1) is 13.9. The predicted molar refractivity (Wildman–Crippen MR) is 109 cm³/mol. The molecular weight excluding hydrogens is 370 g/mol. The smallest absolute Gasteiger partial charge is 0.330 e. The van der Waals surface area contributed by atoms with E-state index >= 15 is 0 Å². The maximum Gasteiger partial charge on any atom is 0.330 e. The number of fused-ring (bicyclic) bond motifs is 3. The van der Waals surface area contributed by atoms with Crippen molar-refractivity contribution >= 4 is 10.9 Å². The van der Waals surface area contributed by atoms with Crippen LogP contribution in [0.5, 0.6) is 0 Å². The Morgan fingerprint density at radius 2 is 2.07 bits per heavy atom. The molecule has 1 unspecified atom stereocenters. The van der Waals surface area contributed by atoms with Gasteiger partial charge in [0, 0.05) is 42.5 Å². The van der Waals surface area contributed by atoms with Gasteiger partial charge in [-0.05, 0) is 48.9 Å². The first-order valence-electron chi connectivity index (χ1n) is 9.67. The normalized spacial score (nSPS) is 16.3. The van der Waals surface area contributed by atoms with E-state index in [9.17, 15) is 9.59 Å². The van der Waals surface area contributed by atoms with Crippen molar-refractivity contribution in [3.63, 3.8) is 0 Å². The summed E-state index contributed by atoms with van der Waals surface area (Å²) in [5.74, 6) is 1.18. The fourth-order valence-corrected chi connectivity index (χ4v) is 4.14. The van der Waals surface area contributed by atoms with Gasteiger partial charge >= 0.3 is 5.69 Å². The van der Waals surface area contributed by atoms with Gasteiger partial charge in [0.2, 0.25) is 5.82 Å². The van der Waals surface area contributed by atoms with Crippen LogP contribution in [0.15, 0.2) is 38.5 Å². The van der Waals surface area contributed by atoms with Gasteiger partial charge in [-0.2, -0.15) is 4.98 Å². The molecule has 8 nitrogen and oxygen atoms in total. The second-order valence-electron chi connectivity index (χ2n) is 7.91. The number of hydrogen-bond acceptors (Lipinski definition) is 5. The lowest BCUT2D eigenvalue weighted by atomic mass is 9.87. The third-order valence-electron chi connectivity index (χ3n) is 5.79. The average Bonchev–Trinajstić information content (AvgIpc) is 3.33. The van der Waals surface area contributed by atoms with Crippen LogP contribution in [-0.2, 0) is 26.9 Å². The minimum absolute atomic E-state index is 0.168. The number of nitrogens with zero attached hydrogens (tertiary/aromatic N) is 4. The lowest BCUT2D eigenvalue weighted by molar-refractivity contribution is 0.432. The molecule has 0 radical (unpaired) electrons. The molecule has 1 aliphatic rings. The van der Waals surface area contributed by atoms with Crippen LogP contribution in [0.3, 0.4) is 0 Å². The minimum atomic E-state index is -0.454. The molecule has 3 heterocycles. The first kappa shape index (κ1) is 17.7. The topological polar surface area (TPSA) is 98.7 Å². The largest absolute Gasteiger partial charge is 0.358 e. The Kier molecular flexibility index (Phi) is 3.84. The third kappa shape index (κ3) is 2.74. The fourth-order valence-electron chi connectivity index (χ4n) is 4.14. The zero-order valence-corrected chi connectivity index (χ0v) is 16.5. The van der Waals surface area contributed by atoms with Crippen molar-refractivity contribution < 1.29 is 4.52 Å². The molecule has 0 saturated heterocycles. The van der Waals surface area contributed by atoms with Gasteiger partial charge in [0.05, 0.1) is 0 Å². The number of aromatic nitrogens is 5. The Hall–Kier alpha value is -3.42. The molecule has 0 aliphatic heterocycles. The van der Waals surface area contributed by atoms with Gasteiger partial charge in [-0.3, -0.25) is 9.36 Å². The molecule has 1 atom stereocenters. The van der Waals surface area contributed by atoms with Gasteiger partial charge in [-0.25, -0.2) is 4.79 Å². The maximum absolute atomic E-state index is 12.4. The predicted octanol–water partition coefficient (Wildman–Crippen LogP) is 2.41. The highest BCUT2D eigenvalue weighted by Gasteiger charge is 2.21. The van der Waals surface area contributed by atoms with E-state index < -0.39 is 11.2 Å². The lowest BCUT2D eigenvalue weighted by Crippen LogP contribution is -2.37. The van der Waals surface area contributed by atoms with Crippen LogP contribution in [0, 0.1) is 5.92 Å². The Balaban J connectivity index is 1.59. The molecule has 148 valence electrons. The molecule has 4 aromatic rings. The standard InChI is InChI=1S/C21H21N5O3/c1-11-4-6-16-13(8-11)14-9-12(5-7-17(14)22-16)19-23-18(24-29-19)15-10-25(2)21(28)26(3)20(15)27/h5,7,9-11,22H,4,6,8H2,1-3H3. The summed E-state index contributed by atoms with van der Waals surface area (Å²) in [5, 5.41) is 5.16. The van der Waals surface area contributed by atoms with Gasteiger partial charge in [0.1, 0.15) is 5.56 Å². The van der Waals surface area contributed by atoms with E-state index in [4.69, 9.17) is 4.52 Å². The Bertz CT molecular complexity index is 1370. The number of nitrogens with one attached hydrogen (secondary N) is 1. The van der Waals surface area contributed by atoms with E-state index in [0.717, 1.165) is 28.5 Å². The third-order valence-corrected chi connectivity index (χ3v) is 5.79. The summed E-state index contributed by atoms with van der Waals surface area (Å²) < 4.78 is 7.81. The molecule has 0 amide bonds. The zero-order valence-electron chi connectivity index (χ0n) is 16.5. The lowest BCUT2D eigenvalue weighted by Gasteiger charge is -2.18. The number of aromatic amines is 1. The molecule has 1 aliphatic carbocycles.